The van der Waals surface area contributed by atoms with Crippen molar-refractivity contribution in [2.75, 3.05) is 35.6 Å². The monoisotopic (exact) mass is 305 g/mol. The first-order valence-corrected chi connectivity index (χ1v) is 8.56. The van der Waals surface area contributed by atoms with E-state index >= 15 is 0 Å². The normalized spacial score (nSPS) is 23.9. The summed E-state index contributed by atoms with van der Waals surface area (Å²) in [6.07, 6.45) is 0. The first-order valence-electron chi connectivity index (χ1n) is 7.57. The highest BCUT2D eigenvalue weighted by molar-refractivity contribution is 8.00. The molecule has 3 rings (SSSR count). The maximum Gasteiger partial charge on any atom is 0.246 e. The molecule has 2 aliphatic rings. The van der Waals surface area contributed by atoms with Gasteiger partial charge >= 0.3 is 0 Å². The zero-order valence-corrected chi connectivity index (χ0v) is 13.7. The number of fused-ring (bicyclic) bond motifs is 1. The average Bonchev–Trinajstić information content (AvgIpc) is 2.74. The Bertz CT molecular complexity index is 558. The van der Waals surface area contributed by atoms with Crippen molar-refractivity contribution >= 4 is 29.0 Å². The van der Waals surface area contributed by atoms with Gasteiger partial charge in [-0.2, -0.15) is 11.8 Å². The van der Waals surface area contributed by atoms with Crippen LogP contribution < -0.4 is 15.5 Å². The fourth-order valence-electron chi connectivity index (χ4n) is 3.09. The van der Waals surface area contributed by atoms with Crippen LogP contribution in [0.15, 0.2) is 18.2 Å². The Kier molecular flexibility index (Phi) is 3.88. The minimum absolute atomic E-state index is 0.0542. The lowest BCUT2D eigenvalue weighted by atomic mass is 10.1. The first-order chi connectivity index (χ1) is 10.00. The maximum atomic E-state index is 12.0. The molecule has 0 aromatic heterocycles. The molecule has 5 heteroatoms. The number of nitrogens with one attached hydrogen (secondary N) is 2. The van der Waals surface area contributed by atoms with Gasteiger partial charge in [-0.3, -0.25) is 4.79 Å². The number of nitrogens with zero attached hydrogens (tertiary/aromatic N) is 1. The number of thioether (sulfide) groups is 1. The second-order valence-corrected chi connectivity index (χ2v) is 8.08. The summed E-state index contributed by atoms with van der Waals surface area (Å²) < 4.78 is 0.285. The van der Waals surface area contributed by atoms with Gasteiger partial charge < -0.3 is 15.5 Å². The Morgan fingerprint density at radius 3 is 3.00 bits per heavy atom. The summed E-state index contributed by atoms with van der Waals surface area (Å²) in [5.74, 6) is 1.20. The van der Waals surface area contributed by atoms with E-state index in [9.17, 15) is 4.79 Å². The van der Waals surface area contributed by atoms with Crippen LogP contribution in [0.1, 0.15) is 32.4 Å². The van der Waals surface area contributed by atoms with Gasteiger partial charge in [0, 0.05) is 40.5 Å². The molecule has 1 aromatic rings. The highest BCUT2D eigenvalue weighted by Gasteiger charge is 2.31. The van der Waals surface area contributed by atoms with Gasteiger partial charge in [0.05, 0.1) is 0 Å². The van der Waals surface area contributed by atoms with E-state index in [1.807, 2.05) is 18.7 Å². The zero-order chi connectivity index (χ0) is 15.0. The number of hydrogen-bond acceptors (Lipinski definition) is 4. The molecule has 2 N–H and O–H groups in total. The van der Waals surface area contributed by atoms with E-state index < -0.39 is 0 Å². The molecule has 1 unspecified atom stereocenters. The number of likely N-dealkylation sites (N-methyl/N-ethyl adjacent to an activating group) is 1. The molecule has 2 aliphatic heterocycles. The van der Waals surface area contributed by atoms with Gasteiger partial charge in [-0.25, -0.2) is 0 Å². The zero-order valence-electron chi connectivity index (χ0n) is 12.9. The number of anilines is 2. The van der Waals surface area contributed by atoms with Gasteiger partial charge in [-0.05, 0) is 32.5 Å². The molecule has 1 aromatic carbocycles. The van der Waals surface area contributed by atoms with Crippen LogP contribution in [0.4, 0.5) is 11.4 Å². The lowest BCUT2D eigenvalue weighted by Crippen LogP contribution is -2.43. The predicted octanol–water partition coefficient (Wildman–Crippen LogP) is 2.62. The third-order valence-electron chi connectivity index (χ3n) is 4.07. The molecule has 2 heterocycles. The van der Waals surface area contributed by atoms with E-state index in [0.717, 1.165) is 36.6 Å². The Labute approximate surface area is 130 Å². The van der Waals surface area contributed by atoms with E-state index in [4.69, 9.17) is 0 Å². The van der Waals surface area contributed by atoms with E-state index in [0.29, 0.717) is 0 Å². The van der Waals surface area contributed by atoms with Crippen molar-refractivity contribution in [3.05, 3.63) is 23.8 Å². The minimum atomic E-state index is -0.201. The molecule has 1 atom stereocenters. The fourth-order valence-corrected chi connectivity index (χ4v) is 4.20. The molecule has 1 saturated heterocycles. The quantitative estimate of drug-likeness (QED) is 0.901. The summed E-state index contributed by atoms with van der Waals surface area (Å²) in [5, 5.41) is 6.23. The van der Waals surface area contributed by atoms with Crippen LogP contribution in [0.25, 0.3) is 0 Å². The summed E-state index contributed by atoms with van der Waals surface area (Å²) in [5.41, 5.74) is 3.23. The fraction of sp³-hybridized carbons (Fsp3) is 0.562. The van der Waals surface area contributed by atoms with Crippen molar-refractivity contribution in [2.24, 2.45) is 0 Å². The predicted molar refractivity (Wildman–Crippen MR) is 90.2 cm³/mol. The van der Waals surface area contributed by atoms with Crippen LogP contribution in [-0.2, 0) is 4.79 Å². The van der Waals surface area contributed by atoms with Crippen LogP contribution in [0.3, 0.4) is 0 Å². The SMILES string of the molecule is CCNC1C(=O)Nc2cc(N3CCSC(C)(C)C3)ccc21. The molecule has 1 fully saturated rings. The lowest BCUT2D eigenvalue weighted by molar-refractivity contribution is -0.117. The minimum Gasteiger partial charge on any atom is -0.369 e. The number of amides is 1. The van der Waals surface area contributed by atoms with Crippen molar-refractivity contribution in [3.8, 4) is 0 Å². The molecule has 4 nitrogen and oxygen atoms in total. The van der Waals surface area contributed by atoms with Crippen molar-refractivity contribution < 1.29 is 4.79 Å². The number of hydrogen-bond donors (Lipinski definition) is 2. The van der Waals surface area contributed by atoms with Crippen molar-refractivity contribution in [1.29, 1.82) is 0 Å². The average molecular weight is 305 g/mol. The third kappa shape index (κ3) is 2.90. The molecule has 21 heavy (non-hydrogen) atoms. The number of carbonyl (C=O) groups excluding carboxylic acids is 1. The van der Waals surface area contributed by atoms with Gasteiger partial charge in [0.1, 0.15) is 6.04 Å². The molecule has 0 saturated carbocycles. The summed E-state index contributed by atoms with van der Waals surface area (Å²) in [6.45, 7) is 9.50. The molecule has 0 radical (unpaired) electrons. The maximum absolute atomic E-state index is 12.0. The largest absolute Gasteiger partial charge is 0.369 e. The van der Waals surface area contributed by atoms with Gasteiger partial charge in [0.2, 0.25) is 5.91 Å². The highest BCUT2D eigenvalue weighted by atomic mass is 32.2. The summed E-state index contributed by atoms with van der Waals surface area (Å²) >= 11 is 2.03. The summed E-state index contributed by atoms with van der Waals surface area (Å²) in [7, 11) is 0. The second kappa shape index (κ2) is 5.54. The van der Waals surface area contributed by atoms with E-state index in [-0.39, 0.29) is 16.7 Å². The third-order valence-corrected chi connectivity index (χ3v) is 5.36. The topological polar surface area (TPSA) is 44.4 Å². The summed E-state index contributed by atoms with van der Waals surface area (Å²) in [4.78, 5) is 14.4. The van der Waals surface area contributed by atoms with Crippen molar-refractivity contribution in [2.45, 2.75) is 31.6 Å². The number of benzene rings is 1. The molecule has 0 spiro atoms. The number of carbonyl (C=O) groups is 1. The number of rotatable bonds is 3. The Balaban J connectivity index is 1.84. The first kappa shape index (κ1) is 14.7. The van der Waals surface area contributed by atoms with Crippen LogP contribution in [0, 0.1) is 0 Å². The molecule has 0 bridgehead atoms. The van der Waals surface area contributed by atoms with Crippen LogP contribution in [0.5, 0.6) is 0 Å². The van der Waals surface area contributed by atoms with Crippen LogP contribution in [0.2, 0.25) is 0 Å². The van der Waals surface area contributed by atoms with Gasteiger partial charge in [0.25, 0.3) is 0 Å². The molecule has 0 aliphatic carbocycles. The second-order valence-electron chi connectivity index (χ2n) is 6.28. The van der Waals surface area contributed by atoms with E-state index in [1.165, 1.54) is 5.69 Å². The van der Waals surface area contributed by atoms with Crippen molar-refractivity contribution in [1.82, 2.24) is 5.32 Å². The van der Waals surface area contributed by atoms with Gasteiger partial charge in [-0.15, -0.1) is 0 Å². The van der Waals surface area contributed by atoms with Gasteiger partial charge in [-0.1, -0.05) is 13.0 Å². The molecule has 1 amide bonds. The summed E-state index contributed by atoms with van der Waals surface area (Å²) in [6, 6.07) is 6.16. The Hall–Kier alpha value is -1.20. The Morgan fingerprint density at radius 1 is 1.48 bits per heavy atom. The molecule has 114 valence electrons. The van der Waals surface area contributed by atoms with E-state index in [2.05, 4.69) is 47.6 Å². The van der Waals surface area contributed by atoms with Crippen LogP contribution >= 0.6 is 11.8 Å². The highest BCUT2D eigenvalue weighted by Crippen LogP contribution is 2.37. The van der Waals surface area contributed by atoms with Crippen LogP contribution in [-0.4, -0.2) is 36.0 Å². The smallest absolute Gasteiger partial charge is 0.246 e. The Morgan fingerprint density at radius 2 is 2.29 bits per heavy atom. The van der Waals surface area contributed by atoms with Crippen molar-refractivity contribution in [3.63, 3.8) is 0 Å². The van der Waals surface area contributed by atoms with E-state index in [1.54, 1.807) is 0 Å². The lowest BCUT2D eigenvalue weighted by Gasteiger charge is -2.39. The standard InChI is InChI=1S/C16H23N3OS/c1-4-17-14-12-6-5-11(9-13(12)18-15(14)20)19-7-8-21-16(2,3)10-19/h5-6,9,14,17H,4,7-8,10H2,1-3H3,(H,18,20). The van der Waals surface area contributed by atoms with Gasteiger partial charge in [0.15, 0.2) is 0 Å². The molecular formula is C16H23N3OS. The molecular weight excluding hydrogens is 282 g/mol.